The summed E-state index contributed by atoms with van der Waals surface area (Å²) in [6, 6.07) is 5.38. The number of carbonyl (C=O) groups excluding carboxylic acids is 1. The molecule has 56 heavy (non-hydrogen) atoms. The molecule has 3 aromatic rings. The second-order valence-corrected chi connectivity index (χ2v) is 13.1. The van der Waals surface area contributed by atoms with E-state index in [9.17, 15) is 75.7 Å². The van der Waals surface area contributed by atoms with Gasteiger partial charge in [-0.3, -0.25) is 4.79 Å². The molecule has 6 rings (SSSR count). The number of benzene rings is 2. The van der Waals surface area contributed by atoms with Gasteiger partial charge in [0.2, 0.25) is 24.0 Å². The number of aromatic hydroxyl groups is 3. The van der Waals surface area contributed by atoms with Crippen molar-refractivity contribution in [2.45, 2.75) is 79.4 Å². The van der Waals surface area contributed by atoms with Gasteiger partial charge in [-0.05, 0) is 30.9 Å². The number of carboxylic acid groups (broad SMARTS) is 1. The van der Waals surface area contributed by atoms with Crippen molar-refractivity contribution in [2.24, 2.45) is 0 Å². The molecule has 0 radical (unpaired) electrons. The van der Waals surface area contributed by atoms with Crippen molar-refractivity contribution in [3.05, 3.63) is 46.1 Å². The Kier molecular flexibility index (Phi) is 10.9. The Hall–Kier alpha value is -5.09. The highest BCUT2D eigenvalue weighted by atomic mass is 16.8. The number of aliphatic carboxylic acids is 1. The lowest BCUT2D eigenvalue weighted by molar-refractivity contribution is -0.393. The molecule has 1 spiro atoms. The van der Waals surface area contributed by atoms with Crippen LogP contribution in [0.5, 0.6) is 23.0 Å². The van der Waals surface area contributed by atoms with Crippen molar-refractivity contribution in [3.8, 4) is 46.2 Å². The number of carboxylic acids is 1. The number of hydrogen-bond acceptors (Lipinski definition) is 20. The predicted octanol–water partition coefficient (Wildman–Crippen LogP) is -3.39. The summed E-state index contributed by atoms with van der Waals surface area (Å²) in [7, 11) is 0. The van der Waals surface area contributed by atoms with Gasteiger partial charge in [0.05, 0.1) is 6.42 Å². The van der Waals surface area contributed by atoms with Gasteiger partial charge in [0, 0.05) is 49.1 Å². The van der Waals surface area contributed by atoms with Crippen LogP contribution in [0.1, 0.15) is 18.4 Å². The van der Waals surface area contributed by atoms with Crippen LogP contribution >= 0.6 is 0 Å². The molecule has 2 saturated heterocycles. The van der Waals surface area contributed by atoms with E-state index in [0.29, 0.717) is 0 Å². The summed E-state index contributed by atoms with van der Waals surface area (Å²) in [5.41, 5.74) is -7.24. The summed E-state index contributed by atoms with van der Waals surface area (Å²) in [6.07, 6.45) is -17.2. The number of phenols is 3. The molecular formula is C35H36O21. The lowest BCUT2D eigenvalue weighted by atomic mass is 9.82. The molecule has 2 bridgehead atoms. The van der Waals surface area contributed by atoms with Crippen molar-refractivity contribution >= 4 is 22.9 Å². The molecule has 0 amide bonds. The second kappa shape index (κ2) is 15.1. The fourth-order valence-electron chi connectivity index (χ4n) is 6.53. The number of carbonyl (C=O) groups is 2. The second-order valence-electron chi connectivity index (χ2n) is 13.1. The van der Waals surface area contributed by atoms with Crippen LogP contribution in [0.4, 0.5) is 0 Å². The van der Waals surface area contributed by atoms with Crippen LogP contribution in [-0.4, -0.2) is 153 Å². The minimum atomic E-state index is -3.80. The summed E-state index contributed by atoms with van der Waals surface area (Å²) in [6.45, 7) is -1.07. The van der Waals surface area contributed by atoms with E-state index in [-0.39, 0.29) is 59.7 Å². The number of fused-ring (bicyclic) bond motifs is 3. The molecule has 3 aliphatic rings. The molecule has 4 heterocycles. The lowest BCUT2D eigenvalue weighted by Gasteiger charge is -2.49. The fourth-order valence-corrected chi connectivity index (χ4v) is 6.53. The Morgan fingerprint density at radius 3 is 2.32 bits per heavy atom. The third kappa shape index (κ3) is 6.65. The number of ether oxygens (including phenoxy) is 5. The van der Waals surface area contributed by atoms with E-state index in [0.717, 1.165) is 24.3 Å². The van der Waals surface area contributed by atoms with Crippen LogP contribution in [0.25, 0.3) is 22.3 Å². The van der Waals surface area contributed by atoms with Crippen molar-refractivity contribution in [1.29, 1.82) is 0 Å². The van der Waals surface area contributed by atoms with Crippen LogP contribution < -0.4 is 10.2 Å². The quantitative estimate of drug-likeness (QED) is 0.0313. The highest BCUT2D eigenvalue weighted by Crippen LogP contribution is 2.43. The summed E-state index contributed by atoms with van der Waals surface area (Å²) in [5, 5.41) is 124. The molecule has 302 valence electrons. The molecule has 2 fully saturated rings. The SMILES string of the molecule is O=C1OC2OC(C(=O)O)(C#CCC13OC(Oc1cc(O)c4c(=O)cc(-c5cc(O)c(O)c(CCO)c5)oc4c1)C(OCCCO)C(O)C3O)C(O)(O)C(O)C2O. The molecule has 0 aliphatic carbocycles. The molecule has 1 aromatic heterocycles. The average Bonchev–Trinajstić information content (AvgIpc) is 3.19. The largest absolute Gasteiger partial charge is 0.507 e. The van der Waals surface area contributed by atoms with E-state index in [4.69, 9.17) is 28.1 Å². The van der Waals surface area contributed by atoms with Crippen molar-refractivity contribution < 1.29 is 99.0 Å². The van der Waals surface area contributed by atoms with E-state index in [2.05, 4.69) is 5.92 Å². The Balaban J connectivity index is 1.43. The van der Waals surface area contributed by atoms with Gasteiger partial charge < -0.3 is 89.4 Å². The number of aliphatic hydroxyl groups is 8. The molecule has 9 atom stereocenters. The van der Waals surface area contributed by atoms with Gasteiger partial charge in [-0.2, -0.15) is 0 Å². The molecule has 21 nitrogen and oxygen atoms in total. The minimum Gasteiger partial charge on any atom is -0.507 e. The third-order valence-electron chi connectivity index (χ3n) is 9.53. The number of hydrogen-bond donors (Lipinski definition) is 12. The summed E-state index contributed by atoms with van der Waals surface area (Å²) >= 11 is 0. The first-order valence-corrected chi connectivity index (χ1v) is 16.8. The van der Waals surface area contributed by atoms with Crippen molar-refractivity contribution in [2.75, 3.05) is 19.8 Å². The number of esters is 1. The Morgan fingerprint density at radius 2 is 1.64 bits per heavy atom. The Bertz CT molecular complexity index is 2140. The topological polar surface area (TPSA) is 353 Å². The summed E-state index contributed by atoms with van der Waals surface area (Å²) in [4.78, 5) is 39.3. The van der Waals surface area contributed by atoms with Gasteiger partial charge in [0.1, 0.15) is 58.7 Å². The van der Waals surface area contributed by atoms with E-state index in [1.165, 1.54) is 6.07 Å². The highest BCUT2D eigenvalue weighted by Gasteiger charge is 2.70. The van der Waals surface area contributed by atoms with Gasteiger partial charge >= 0.3 is 11.9 Å². The zero-order valence-corrected chi connectivity index (χ0v) is 28.7. The Morgan fingerprint density at radius 1 is 0.911 bits per heavy atom. The van der Waals surface area contributed by atoms with Crippen molar-refractivity contribution in [1.82, 2.24) is 0 Å². The highest BCUT2D eigenvalue weighted by molar-refractivity contribution is 5.87. The molecule has 21 heteroatoms. The minimum absolute atomic E-state index is 0.0111. The van der Waals surface area contributed by atoms with Gasteiger partial charge in [0.15, 0.2) is 16.9 Å². The molecule has 3 aliphatic heterocycles. The van der Waals surface area contributed by atoms with Gasteiger partial charge in [-0.1, -0.05) is 5.92 Å². The van der Waals surface area contributed by atoms with Crippen LogP contribution in [0.3, 0.4) is 0 Å². The molecular weight excluding hydrogens is 756 g/mol. The third-order valence-corrected chi connectivity index (χ3v) is 9.53. The van der Waals surface area contributed by atoms with E-state index in [1.807, 2.05) is 5.92 Å². The summed E-state index contributed by atoms with van der Waals surface area (Å²) < 4.78 is 33.5. The van der Waals surface area contributed by atoms with E-state index < -0.39 is 108 Å². The fraction of sp³-hybridized carbons (Fsp3) is 0.457. The maximum Gasteiger partial charge on any atom is 0.354 e. The zero-order chi connectivity index (χ0) is 40.9. The maximum atomic E-state index is 13.9. The first kappa shape index (κ1) is 40.6. The van der Waals surface area contributed by atoms with Crippen LogP contribution in [0.2, 0.25) is 0 Å². The van der Waals surface area contributed by atoms with Crippen LogP contribution in [0, 0.1) is 11.8 Å². The van der Waals surface area contributed by atoms with Crippen LogP contribution in [-0.2, 0) is 35.0 Å². The molecule has 0 saturated carbocycles. The summed E-state index contributed by atoms with van der Waals surface area (Å²) in [5.74, 6) is -6.02. The number of rotatable bonds is 10. The number of aliphatic hydroxyl groups excluding tert-OH is 6. The maximum absolute atomic E-state index is 13.9. The predicted molar refractivity (Wildman–Crippen MR) is 178 cm³/mol. The first-order chi connectivity index (χ1) is 26.4. The van der Waals surface area contributed by atoms with Crippen LogP contribution in [0.15, 0.2) is 39.5 Å². The van der Waals surface area contributed by atoms with Gasteiger partial charge in [-0.15, -0.1) is 0 Å². The zero-order valence-electron chi connectivity index (χ0n) is 28.7. The van der Waals surface area contributed by atoms with Gasteiger partial charge in [-0.25, -0.2) is 9.59 Å². The van der Waals surface area contributed by atoms with E-state index >= 15 is 0 Å². The van der Waals surface area contributed by atoms with Crippen molar-refractivity contribution in [3.63, 3.8) is 0 Å². The standard InChI is InChI=1S/C35H36O21/c36-6-2-8-51-26-24(42)27(44)33(4-1-5-34(31(46)47)35(49,50)28(45)25(43)29(56-34)54-32(33)48)55-30(26)52-16-11-17(38)22-18(39)13-20(53-21(22)12-16)15-9-14(3-7-37)23(41)19(40)10-15/h9-13,24-30,36-38,40-45,49-50H,2-4,6-8H2,(H,46,47). The monoisotopic (exact) mass is 792 g/mol. The van der Waals surface area contributed by atoms with Gasteiger partial charge in [0.25, 0.3) is 5.60 Å². The normalized spacial score (nSPS) is 31.1. The number of phenolic OH excluding ortho intramolecular Hbond substituents is 3. The Labute approximate surface area is 313 Å². The van der Waals surface area contributed by atoms with E-state index in [1.54, 1.807) is 0 Å². The molecule has 12 N–H and O–H groups in total. The smallest absolute Gasteiger partial charge is 0.354 e. The molecule has 2 aromatic carbocycles. The molecule has 9 unspecified atom stereocenters. The lowest BCUT2D eigenvalue weighted by Crippen LogP contribution is -2.75. The first-order valence-electron chi connectivity index (χ1n) is 16.8. The average molecular weight is 793 g/mol.